The quantitative estimate of drug-likeness (QED) is 0.802. The normalized spacial score (nSPS) is 10.5. The van der Waals surface area contributed by atoms with E-state index < -0.39 is 6.67 Å². The molecular weight excluding hydrogens is 252 g/mol. The van der Waals surface area contributed by atoms with E-state index in [4.69, 9.17) is 33.7 Å². The van der Waals surface area contributed by atoms with Gasteiger partial charge in [0.1, 0.15) is 5.75 Å². The predicted octanol–water partition coefficient (Wildman–Crippen LogP) is 3.23. The third-order valence-electron chi connectivity index (χ3n) is 2.02. The maximum absolute atomic E-state index is 12.0. The van der Waals surface area contributed by atoms with Gasteiger partial charge in [-0.2, -0.15) is 0 Å². The van der Waals surface area contributed by atoms with Crippen molar-refractivity contribution in [3.05, 3.63) is 27.7 Å². The van der Waals surface area contributed by atoms with Crippen LogP contribution in [0.25, 0.3) is 0 Å². The van der Waals surface area contributed by atoms with Crippen LogP contribution < -0.4 is 10.5 Å². The summed E-state index contributed by atoms with van der Waals surface area (Å²) < 4.78 is 17.4. The number of hydrogen-bond donors (Lipinski definition) is 1. The van der Waals surface area contributed by atoms with Crippen molar-refractivity contribution in [2.45, 2.75) is 12.8 Å². The molecule has 0 aliphatic heterocycles. The Morgan fingerprint density at radius 2 is 2.06 bits per heavy atom. The first kappa shape index (κ1) is 13.6. The predicted molar refractivity (Wildman–Crippen MR) is 65.3 cm³/mol. The summed E-state index contributed by atoms with van der Waals surface area (Å²) in [6.07, 6.45) is 0.978. The molecule has 0 saturated carbocycles. The van der Waals surface area contributed by atoms with Gasteiger partial charge in [0.15, 0.2) is 0 Å². The second-order valence-electron chi connectivity index (χ2n) is 3.31. The summed E-state index contributed by atoms with van der Waals surface area (Å²) in [5, 5.41) is 0.987. The lowest BCUT2D eigenvalue weighted by Crippen LogP contribution is -2.07. The van der Waals surface area contributed by atoms with Crippen LogP contribution in [0.15, 0.2) is 12.1 Å². The molecular formula is C11H14Cl2FNO. The SMILES string of the molecule is NCCc1cc(Cl)cc(Cl)c1OCCCF. The number of nitrogens with two attached hydrogens (primary N) is 1. The van der Waals surface area contributed by atoms with Gasteiger partial charge in [0, 0.05) is 11.4 Å². The van der Waals surface area contributed by atoms with Crippen LogP contribution >= 0.6 is 23.2 Å². The van der Waals surface area contributed by atoms with E-state index in [-0.39, 0.29) is 0 Å². The average molecular weight is 266 g/mol. The smallest absolute Gasteiger partial charge is 0.141 e. The van der Waals surface area contributed by atoms with E-state index in [9.17, 15) is 4.39 Å². The zero-order chi connectivity index (χ0) is 12.0. The molecule has 0 unspecified atom stereocenters. The van der Waals surface area contributed by atoms with E-state index in [1.165, 1.54) is 0 Å². The summed E-state index contributed by atoms with van der Waals surface area (Å²) in [5.41, 5.74) is 6.34. The monoisotopic (exact) mass is 265 g/mol. The van der Waals surface area contributed by atoms with Crippen LogP contribution in [0, 0.1) is 0 Å². The van der Waals surface area contributed by atoms with Crippen molar-refractivity contribution >= 4 is 23.2 Å². The van der Waals surface area contributed by atoms with Gasteiger partial charge in [0.05, 0.1) is 18.3 Å². The van der Waals surface area contributed by atoms with E-state index >= 15 is 0 Å². The van der Waals surface area contributed by atoms with E-state index in [2.05, 4.69) is 0 Å². The molecule has 5 heteroatoms. The standard InChI is InChI=1S/C11H14Cl2FNO/c12-9-6-8(2-4-15)11(10(13)7-9)16-5-1-3-14/h6-7H,1-5,15H2. The molecule has 0 radical (unpaired) electrons. The fraction of sp³-hybridized carbons (Fsp3) is 0.455. The van der Waals surface area contributed by atoms with Crippen LogP contribution in [0.3, 0.4) is 0 Å². The van der Waals surface area contributed by atoms with Gasteiger partial charge in [-0.1, -0.05) is 23.2 Å². The summed E-state index contributed by atoms with van der Waals surface area (Å²) >= 11 is 11.9. The molecule has 0 aliphatic rings. The van der Waals surface area contributed by atoms with Crippen molar-refractivity contribution in [3.8, 4) is 5.75 Å². The molecule has 1 aromatic carbocycles. The van der Waals surface area contributed by atoms with Crippen LogP contribution in [0.5, 0.6) is 5.75 Å². The first-order valence-corrected chi connectivity index (χ1v) is 5.81. The maximum Gasteiger partial charge on any atom is 0.141 e. The molecule has 0 fully saturated rings. The number of halogens is 3. The van der Waals surface area contributed by atoms with Gasteiger partial charge in [-0.15, -0.1) is 0 Å². The molecule has 0 heterocycles. The number of ether oxygens (including phenoxy) is 1. The highest BCUT2D eigenvalue weighted by Gasteiger charge is 2.10. The summed E-state index contributed by atoms with van der Waals surface area (Å²) in [7, 11) is 0. The van der Waals surface area contributed by atoms with Crippen LogP contribution in [0.1, 0.15) is 12.0 Å². The van der Waals surface area contributed by atoms with Gasteiger partial charge >= 0.3 is 0 Å². The number of benzene rings is 1. The van der Waals surface area contributed by atoms with Crippen molar-refractivity contribution in [2.24, 2.45) is 5.73 Å². The van der Waals surface area contributed by atoms with Crippen molar-refractivity contribution in [3.63, 3.8) is 0 Å². The topological polar surface area (TPSA) is 35.2 Å². The summed E-state index contributed by atoms with van der Waals surface area (Å²) in [6.45, 7) is 0.378. The Hall–Kier alpha value is -0.510. The molecule has 2 nitrogen and oxygen atoms in total. The fourth-order valence-electron chi connectivity index (χ4n) is 1.35. The molecule has 2 N–H and O–H groups in total. The lowest BCUT2D eigenvalue weighted by Gasteiger charge is -2.12. The summed E-state index contributed by atoms with van der Waals surface area (Å²) in [6, 6.07) is 3.37. The lowest BCUT2D eigenvalue weighted by atomic mass is 10.1. The average Bonchev–Trinajstić information content (AvgIpc) is 2.22. The van der Waals surface area contributed by atoms with Crippen LogP contribution in [0.2, 0.25) is 10.0 Å². The van der Waals surface area contributed by atoms with Crippen LogP contribution in [-0.2, 0) is 6.42 Å². The Bertz CT molecular complexity index is 347. The summed E-state index contributed by atoms with van der Waals surface area (Å²) in [5.74, 6) is 0.560. The van der Waals surface area contributed by atoms with Crippen molar-refractivity contribution in [1.29, 1.82) is 0 Å². The summed E-state index contributed by atoms with van der Waals surface area (Å²) in [4.78, 5) is 0. The van der Waals surface area contributed by atoms with Gasteiger partial charge in [0.25, 0.3) is 0 Å². The largest absolute Gasteiger partial charge is 0.492 e. The third kappa shape index (κ3) is 3.81. The maximum atomic E-state index is 12.0. The van der Waals surface area contributed by atoms with Gasteiger partial charge in [0.2, 0.25) is 0 Å². The Morgan fingerprint density at radius 1 is 1.31 bits per heavy atom. The Labute approximate surface area is 104 Å². The zero-order valence-corrected chi connectivity index (χ0v) is 10.3. The molecule has 0 atom stereocenters. The number of rotatable bonds is 6. The Morgan fingerprint density at radius 3 is 2.69 bits per heavy atom. The van der Waals surface area contributed by atoms with Crippen LogP contribution in [0.4, 0.5) is 4.39 Å². The molecule has 0 bridgehead atoms. The Balaban J connectivity index is 2.85. The molecule has 0 spiro atoms. The molecule has 90 valence electrons. The number of hydrogen-bond acceptors (Lipinski definition) is 2. The van der Waals surface area contributed by atoms with Gasteiger partial charge < -0.3 is 10.5 Å². The molecule has 1 rings (SSSR count). The van der Waals surface area contributed by atoms with Crippen LogP contribution in [-0.4, -0.2) is 19.8 Å². The van der Waals surface area contributed by atoms with E-state index in [0.717, 1.165) is 5.56 Å². The molecule has 0 aliphatic carbocycles. The number of alkyl halides is 1. The first-order chi connectivity index (χ1) is 7.69. The Kier molecular flexibility index (Phi) is 5.88. The minimum Gasteiger partial charge on any atom is -0.492 e. The van der Waals surface area contributed by atoms with E-state index in [0.29, 0.717) is 41.8 Å². The minimum atomic E-state index is -0.405. The second kappa shape index (κ2) is 6.94. The van der Waals surface area contributed by atoms with Gasteiger partial charge in [-0.05, 0) is 30.7 Å². The zero-order valence-electron chi connectivity index (χ0n) is 8.81. The van der Waals surface area contributed by atoms with Gasteiger partial charge in [-0.3, -0.25) is 4.39 Å². The fourth-order valence-corrected chi connectivity index (χ4v) is 1.94. The third-order valence-corrected chi connectivity index (χ3v) is 2.52. The molecule has 0 amide bonds. The van der Waals surface area contributed by atoms with Crippen molar-refractivity contribution < 1.29 is 9.13 Å². The van der Waals surface area contributed by atoms with Crippen molar-refractivity contribution in [2.75, 3.05) is 19.8 Å². The minimum absolute atomic E-state index is 0.301. The molecule has 0 aromatic heterocycles. The second-order valence-corrected chi connectivity index (χ2v) is 4.15. The highest BCUT2D eigenvalue weighted by Crippen LogP contribution is 2.32. The molecule has 16 heavy (non-hydrogen) atoms. The lowest BCUT2D eigenvalue weighted by molar-refractivity contribution is 0.287. The van der Waals surface area contributed by atoms with Crippen molar-refractivity contribution in [1.82, 2.24) is 0 Å². The van der Waals surface area contributed by atoms with Gasteiger partial charge in [-0.25, -0.2) is 0 Å². The van der Waals surface area contributed by atoms with E-state index in [1.807, 2.05) is 0 Å². The molecule has 0 saturated heterocycles. The highest BCUT2D eigenvalue weighted by molar-refractivity contribution is 6.35. The molecule has 1 aromatic rings. The van der Waals surface area contributed by atoms with E-state index in [1.54, 1.807) is 12.1 Å². The highest BCUT2D eigenvalue weighted by atomic mass is 35.5. The first-order valence-electron chi connectivity index (χ1n) is 5.05.